The topological polar surface area (TPSA) is 33.4 Å². The molecule has 0 bridgehead atoms. The Bertz CT molecular complexity index is 3470. The van der Waals surface area contributed by atoms with Gasteiger partial charge in [0.2, 0.25) is 0 Å². The lowest BCUT2D eigenvalue weighted by atomic mass is 9.72. The Hall–Kier alpha value is -7.22. The number of pyridine rings is 1. The molecule has 7 aromatic carbocycles. The lowest BCUT2D eigenvalue weighted by Gasteiger charge is -2.43. The van der Waals surface area contributed by atoms with Crippen LogP contribution in [0.1, 0.15) is 31.4 Å². The van der Waals surface area contributed by atoms with Gasteiger partial charge >= 0.3 is 0 Å². The van der Waals surface area contributed by atoms with Gasteiger partial charge in [0, 0.05) is 57.0 Å². The van der Waals surface area contributed by atoms with Gasteiger partial charge in [-0.2, -0.15) is 0 Å². The number of fused-ring (bicyclic) bond motifs is 5. The first-order valence-electron chi connectivity index (χ1n) is 22.4. The SMILES string of the molecule is CC1(C)c2cc(-c3ccccn3)ccc2N(C2=CCC(C3=NC=CC=I3)C=C2)c2ccc(-n3c4ccc(-c5ccccc5)cc4c4cc(-c5ccccc5)cc(-c5ccccc5)c43)cc21. The van der Waals surface area contributed by atoms with Crippen LogP contribution < -0.4 is 4.90 Å². The predicted octanol–water partition coefficient (Wildman–Crippen LogP) is 15.8. The van der Waals surface area contributed by atoms with E-state index in [9.17, 15) is 0 Å². The summed E-state index contributed by atoms with van der Waals surface area (Å²) in [6.45, 7) is 4.78. The summed E-state index contributed by atoms with van der Waals surface area (Å²) >= 11 is -0.190. The van der Waals surface area contributed by atoms with Gasteiger partial charge in [0.1, 0.15) is 0 Å². The third-order valence-corrected chi connectivity index (χ3v) is 15.9. The van der Waals surface area contributed by atoms with Crippen LogP contribution in [0.5, 0.6) is 0 Å². The molecule has 2 aromatic heterocycles. The van der Waals surface area contributed by atoms with E-state index in [1.165, 1.54) is 87.1 Å². The Labute approximate surface area is 390 Å². The number of anilines is 2. The van der Waals surface area contributed by atoms with E-state index in [1.807, 2.05) is 18.5 Å². The van der Waals surface area contributed by atoms with Crippen molar-refractivity contribution >= 4 is 61.6 Å². The highest BCUT2D eigenvalue weighted by Gasteiger charge is 2.38. The first-order chi connectivity index (χ1) is 32.0. The lowest BCUT2D eigenvalue weighted by Crippen LogP contribution is -2.33. The van der Waals surface area contributed by atoms with E-state index in [0.29, 0.717) is 5.92 Å². The molecule has 0 fully saturated rings. The first kappa shape index (κ1) is 39.4. The molecule has 65 heavy (non-hydrogen) atoms. The second-order valence-electron chi connectivity index (χ2n) is 17.6. The van der Waals surface area contributed by atoms with Gasteiger partial charge in [0.05, 0.1) is 31.8 Å². The molecule has 1 unspecified atom stereocenters. The molecule has 2 aliphatic heterocycles. The lowest BCUT2D eigenvalue weighted by molar-refractivity contribution is 0.629. The highest BCUT2D eigenvalue weighted by atomic mass is 127. The van der Waals surface area contributed by atoms with Crippen molar-refractivity contribution in [3.63, 3.8) is 0 Å². The summed E-state index contributed by atoms with van der Waals surface area (Å²) in [7, 11) is 0. The minimum absolute atomic E-state index is 0.190. The minimum Gasteiger partial charge on any atom is -0.310 e. The Morgan fingerprint density at radius 2 is 1.28 bits per heavy atom. The van der Waals surface area contributed by atoms with Crippen LogP contribution in [0.3, 0.4) is 0 Å². The smallest absolute Gasteiger partial charge is 0.0800 e. The largest absolute Gasteiger partial charge is 0.310 e. The monoisotopic (exact) mass is 948 g/mol. The van der Waals surface area contributed by atoms with E-state index in [1.54, 1.807) is 0 Å². The van der Waals surface area contributed by atoms with E-state index < -0.39 is 0 Å². The molecule has 0 N–H and O–H groups in total. The molecule has 1 aliphatic carbocycles. The predicted molar refractivity (Wildman–Crippen MR) is 283 cm³/mol. The molecular weight excluding hydrogens is 904 g/mol. The zero-order chi connectivity index (χ0) is 43.5. The molecule has 312 valence electrons. The van der Waals surface area contributed by atoms with Crippen molar-refractivity contribution in [3.8, 4) is 50.3 Å². The summed E-state index contributed by atoms with van der Waals surface area (Å²) in [5.41, 5.74) is 18.6. The van der Waals surface area contributed by atoms with Crippen LogP contribution in [0.2, 0.25) is 0 Å². The quantitative estimate of drug-likeness (QED) is 0.149. The van der Waals surface area contributed by atoms with Crippen molar-refractivity contribution in [2.45, 2.75) is 25.7 Å². The van der Waals surface area contributed by atoms with Crippen molar-refractivity contribution in [1.82, 2.24) is 9.55 Å². The summed E-state index contributed by atoms with van der Waals surface area (Å²) in [4.78, 5) is 12.1. The number of allylic oxidation sites excluding steroid dienone is 4. The van der Waals surface area contributed by atoms with Gasteiger partial charge < -0.3 is 9.47 Å². The molecule has 0 saturated carbocycles. The molecule has 12 rings (SSSR count). The van der Waals surface area contributed by atoms with Crippen molar-refractivity contribution in [2.24, 2.45) is 10.9 Å². The highest BCUT2D eigenvalue weighted by Crippen LogP contribution is 2.53. The maximum absolute atomic E-state index is 4.81. The molecule has 4 nitrogen and oxygen atoms in total. The zero-order valence-electron chi connectivity index (χ0n) is 36.2. The van der Waals surface area contributed by atoms with E-state index >= 15 is 0 Å². The summed E-state index contributed by atoms with van der Waals surface area (Å²) < 4.78 is 6.17. The maximum Gasteiger partial charge on any atom is 0.0800 e. The normalized spacial score (nSPS) is 16.2. The van der Waals surface area contributed by atoms with Crippen molar-refractivity contribution in [3.05, 3.63) is 229 Å². The van der Waals surface area contributed by atoms with Gasteiger partial charge in [0.15, 0.2) is 0 Å². The molecule has 9 aromatic rings. The molecule has 1 atom stereocenters. The maximum atomic E-state index is 4.81. The van der Waals surface area contributed by atoms with Gasteiger partial charge in [-0.05, 0) is 128 Å². The molecule has 0 amide bonds. The first-order valence-corrected chi connectivity index (χ1v) is 24.7. The second-order valence-corrected chi connectivity index (χ2v) is 20.0. The zero-order valence-corrected chi connectivity index (χ0v) is 38.4. The number of aliphatic imine (C=N–C) groups is 1. The van der Waals surface area contributed by atoms with Crippen LogP contribution in [0.4, 0.5) is 11.4 Å². The average molecular weight is 949 g/mol. The van der Waals surface area contributed by atoms with Crippen molar-refractivity contribution in [1.29, 1.82) is 0 Å². The fourth-order valence-corrected chi connectivity index (χ4v) is 12.1. The number of hydrogen-bond acceptors (Lipinski definition) is 3. The molecule has 0 spiro atoms. The van der Waals surface area contributed by atoms with Gasteiger partial charge in [-0.1, -0.05) is 156 Å². The number of nitrogens with zero attached hydrogens (tertiary/aromatic N) is 4. The Kier molecular flexibility index (Phi) is 9.75. The van der Waals surface area contributed by atoms with Crippen LogP contribution >= 0.6 is 20.7 Å². The van der Waals surface area contributed by atoms with Gasteiger partial charge in [0.25, 0.3) is 0 Å². The van der Waals surface area contributed by atoms with Gasteiger partial charge in [-0.3, -0.25) is 9.98 Å². The van der Waals surface area contributed by atoms with Crippen LogP contribution in [-0.4, -0.2) is 17.3 Å². The second kappa shape index (κ2) is 16.1. The van der Waals surface area contributed by atoms with E-state index in [0.717, 1.165) is 23.4 Å². The number of benzene rings is 7. The summed E-state index contributed by atoms with van der Waals surface area (Å²) in [5.74, 6) is 0.334. The van der Waals surface area contributed by atoms with Crippen molar-refractivity contribution in [2.75, 3.05) is 4.90 Å². The van der Waals surface area contributed by atoms with E-state index in [4.69, 9.17) is 9.98 Å². The van der Waals surface area contributed by atoms with Crippen LogP contribution in [0.25, 0.3) is 72.1 Å². The van der Waals surface area contributed by atoms with Crippen LogP contribution in [0, 0.1) is 5.92 Å². The number of halogens is 1. The number of hydrogen-bond donors (Lipinski definition) is 0. The van der Waals surface area contributed by atoms with Crippen molar-refractivity contribution < 1.29 is 0 Å². The standard InChI is InChI=1S/C60H45IN4/c1-60(2)52-38-45(54-21-12-13-33-62-54)25-30-56(52)64(47-26-22-43(23-27-47)59-61-32-14-34-63-59)57-31-28-48(39-53(57)60)65-55-29-24-44(40-15-6-3-7-16-40)35-50(55)51-37-46(41-17-8-4-9-18-41)36-49(58(51)65)42-19-10-5-11-20-42/h3-22,24-39,43H,23H2,1-2H3. The third-order valence-electron chi connectivity index (χ3n) is 13.4. The van der Waals surface area contributed by atoms with E-state index in [-0.39, 0.29) is 26.1 Å². The minimum atomic E-state index is -0.352. The summed E-state index contributed by atoms with van der Waals surface area (Å²) in [5, 5.41) is 2.46. The average Bonchev–Trinajstić information content (AvgIpc) is 3.71. The number of aromatic nitrogens is 2. The van der Waals surface area contributed by atoms with Gasteiger partial charge in [-0.25, -0.2) is 0 Å². The molecule has 4 heterocycles. The summed E-state index contributed by atoms with van der Waals surface area (Å²) in [6, 6.07) is 64.6. The highest BCUT2D eigenvalue weighted by molar-refractivity contribution is 14.2. The van der Waals surface area contributed by atoms with Crippen LogP contribution in [-0.2, 0) is 5.41 Å². The van der Waals surface area contributed by atoms with Crippen LogP contribution in [0.15, 0.2) is 223 Å². The number of rotatable bonds is 7. The van der Waals surface area contributed by atoms with Gasteiger partial charge in [-0.15, -0.1) is 0 Å². The Morgan fingerprint density at radius 1 is 0.600 bits per heavy atom. The third kappa shape index (κ3) is 6.84. The molecule has 5 heteroatoms. The fourth-order valence-electron chi connectivity index (χ4n) is 10.1. The molecule has 0 radical (unpaired) electrons. The molecule has 0 saturated heterocycles. The van der Waals surface area contributed by atoms with E-state index in [2.05, 4.69) is 221 Å². The Morgan fingerprint density at radius 3 is 1.97 bits per heavy atom. The summed E-state index contributed by atoms with van der Waals surface area (Å²) in [6.07, 6.45) is 14.0. The fraction of sp³-hybridized carbons (Fsp3) is 0.0833. The Balaban J connectivity index is 1.10. The molecule has 3 aliphatic rings. The molecular formula is C60H45IN4.